The molecule has 0 radical (unpaired) electrons. The number of carbonyl (C=O) groups is 1. The van der Waals surface area contributed by atoms with Crippen molar-refractivity contribution in [2.24, 2.45) is 0 Å². The molecular weight excluding hydrogens is 176 g/mol. The Balaban J connectivity index is 1.82. The van der Waals surface area contributed by atoms with Crippen molar-refractivity contribution < 1.29 is 4.79 Å². The quantitative estimate of drug-likeness (QED) is 0.620. The van der Waals surface area contributed by atoms with Crippen molar-refractivity contribution in [1.82, 2.24) is 9.80 Å². The molecule has 0 bridgehead atoms. The van der Waals surface area contributed by atoms with Crippen molar-refractivity contribution in [3.8, 4) is 0 Å². The molecule has 2 aliphatic heterocycles. The number of hydrogen-bond donors (Lipinski definition) is 0. The third kappa shape index (κ3) is 2.34. The minimum absolute atomic E-state index is 0.163. The average Bonchev–Trinajstić information content (AvgIpc) is 2.86. The van der Waals surface area contributed by atoms with Crippen molar-refractivity contribution in [2.75, 3.05) is 32.7 Å². The van der Waals surface area contributed by atoms with E-state index in [1.54, 1.807) is 0 Å². The minimum Gasteiger partial charge on any atom is -0.302 e. The lowest BCUT2D eigenvalue weighted by atomic mass is 10.2. The molecule has 14 heavy (non-hydrogen) atoms. The summed E-state index contributed by atoms with van der Waals surface area (Å²) in [5.74, 6) is 0. The highest BCUT2D eigenvalue weighted by Gasteiger charge is 2.24. The molecule has 80 valence electrons. The summed E-state index contributed by atoms with van der Waals surface area (Å²) in [7, 11) is 0. The van der Waals surface area contributed by atoms with E-state index in [-0.39, 0.29) is 6.04 Å². The Morgan fingerprint density at radius 2 is 1.57 bits per heavy atom. The largest absolute Gasteiger partial charge is 0.302 e. The van der Waals surface area contributed by atoms with Crippen LogP contribution >= 0.6 is 0 Å². The molecule has 0 aliphatic carbocycles. The van der Waals surface area contributed by atoms with Gasteiger partial charge in [0.05, 0.1) is 6.04 Å². The van der Waals surface area contributed by atoms with Crippen molar-refractivity contribution in [1.29, 1.82) is 0 Å². The lowest BCUT2D eigenvalue weighted by Crippen LogP contribution is -2.42. The van der Waals surface area contributed by atoms with Gasteiger partial charge in [-0.2, -0.15) is 0 Å². The number of carbonyl (C=O) groups excluding carboxylic acids is 1. The van der Waals surface area contributed by atoms with Gasteiger partial charge in [0.2, 0.25) is 0 Å². The van der Waals surface area contributed by atoms with E-state index in [2.05, 4.69) is 9.80 Å². The first kappa shape index (κ1) is 10.1. The maximum atomic E-state index is 11.0. The van der Waals surface area contributed by atoms with Crippen LogP contribution in [-0.2, 0) is 4.79 Å². The van der Waals surface area contributed by atoms with Gasteiger partial charge in [0.1, 0.15) is 6.29 Å². The number of rotatable bonds is 4. The summed E-state index contributed by atoms with van der Waals surface area (Å²) in [6, 6.07) is 0.163. The van der Waals surface area contributed by atoms with Gasteiger partial charge >= 0.3 is 0 Å². The van der Waals surface area contributed by atoms with Crippen LogP contribution in [0.3, 0.4) is 0 Å². The molecule has 1 unspecified atom stereocenters. The van der Waals surface area contributed by atoms with Crippen molar-refractivity contribution in [3.05, 3.63) is 0 Å². The Morgan fingerprint density at radius 1 is 1.00 bits per heavy atom. The molecule has 0 aromatic heterocycles. The third-order valence-corrected chi connectivity index (χ3v) is 3.41. The predicted octanol–water partition coefficient (Wildman–Crippen LogP) is 0.745. The maximum absolute atomic E-state index is 11.0. The first-order valence-electron chi connectivity index (χ1n) is 5.82. The molecule has 0 spiro atoms. The Hall–Kier alpha value is -0.410. The highest BCUT2D eigenvalue weighted by Crippen LogP contribution is 2.14. The zero-order chi connectivity index (χ0) is 9.80. The van der Waals surface area contributed by atoms with Crippen LogP contribution in [0.2, 0.25) is 0 Å². The van der Waals surface area contributed by atoms with E-state index >= 15 is 0 Å². The van der Waals surface area contributed by atoms with E-state index in [9.17, 15) is 4.79 Å². The average molecular weight is 196 g/mol. The molecule has 0 saturated carbocycles. The molecule has 2 saturated heterocycles. The fraction of sp³-hybridized carbons (Fsp3) is 0.909. The molecule has 3 nitrogen and oxygen atoms in total. The fourth-order valence-electron chi connectivity index (χ4n) is 2.55. The molecule has 0 aromatic carbocycles. The number of nitrogens with zero attached hydrogens (tertiary/aromatic N) is 2. The second-order valence-corrected chi connectivity index (χ2v) is 4.45. The van der Waals surface area contributed by atoms with Crippen LogP contribution in [0.5, 0.6) is 0 Å². The second kappa shape index (κ2) is 4.89. The van der Waals surface area contributed by atoms with E-state index in [4.69, 9.17) is 0 Å². The molecule has 2 fully saturated rings. The van der Waals surface area contributed by atoms with E-state index < -0.39 is 0 Å². The second-order valence-electron chi connectivity index (χ2n) is 4.45. The van der Waals surface area contributed by atoms with Crippen LogP contribution in [-0.4, -0.2) is 54.9 Å². The van der Waals surface area contributed by atoms with Crippen LogP contribution in [0.4, 0.5) is 0 Å². The monoisotopic (exact) mass is 196 g/mol. The molecular formula is C11H20N2O. The van der Waals surface area contributed by atoms with Gasteiger partial charge in [-0.3, -0.25) is 4.90 Å². The number of likely N-dealkylation sites (tertiary alicyclic amines) is 2. The Kier molecular flexibility index (Phi) is 3.54. The van der Waals surface area contributed by atoms with Crippen LogP contribution in [0.25, 0.3) is 0 Å². The normalized spacial score (nSPS) is 26.9. The van der Waals surface area contributed by atoms with E-state index in [0.717, 1.165) is 25.9 Å². The molecule has 1 atom stereocenters. The zero-order valence-corrected chi connectivity index (χ0v) is 8.82. The highest BCUT2D eigenvalue weighted by molar-refractivity contribution is 5.58. The lowest BCUT2D eigenvalue weighted by molar-refractivity contribution is -0.112. The predicted molar refractivity (Wildman–Crippen MR) is 56.3 cm³/mol. The van der Waals surface area contributed by atoms with Gasteiger partial charge in [0.25, 0.3) is 0 Å². The van der Waals surface area contributed by atoms with Crippen molar-refractivity contribution >= 4 is 6.29 Å². The summed E-state index contributed by atoms with van der Waals surface area (Å²) in [5, 5.41) is 0. The smallest absolute Gasteiger partial charge is 0.138 e. The molecule has 2 aliphatic rings. The highest BCUT2D eigenvalue weighted by atomic mass is 16.1. The Bertz CT molecular complexity index is 184. The lowest BCUT2D eigenvalue weighted by Gasteiger charge is -2.26. The van der Waals surface area contributed by atoms with Crippen LogP contribution in [0, 0.1) is 0 Å². The van der Waals surface area contributed by atoms with Crippen LogP contribution < -0.4 is 0 Å². The summed E-state index contributed by atoms with van der Waals surface area (Å²) >= 11 is 0. The van der Waals surface area contributed by atoms with E-state index in [0.29, 0.717) is 0 Å². The van der Waals surface area contributed by atoms with Crippen LogP contribution in [0.1, 0.15) is 25.7 Å². The SMILES string of the molecule is O=CC(CN1CCCC1)N1CCCC1. The first-order valence-corrected chi connectivity index (χ1v) is 5.82. The van der Waals surface area contributed by atoms with Crippen molar-refractivity contribution in [2.45, 2.75) is 31.7 Å². The maximum Gasteiger partial charge on any atom is 0.138 e. The van der Waals surface area contributed by atoms with Gasteiger partial charge < -0.3 is 9.69 Å². The topological polar surface area (TPSA) is 23.6 Å². The molecule has 2 rings (SSSR count). The van der Waals surface area contributed by atoms with Crippen LogP contribution in [0.15, 0.2) is 0 Å². The van der Waals surface area contributed by atoms with Gasteiger partial charge in [-0.15, -0.1) is 0 Å². The molecule has 2 heterocycles. The number of hydrogen-bond acceptors (Lipinski definition) is 3. The van der Waals surface area contributed by atoms with E-state index in [1.165, 1.54) is 38.8 Å². The molecule has 3 heteroatoms. The summed E-state index contributed by atoms with van der Waals surface area (Å²) in [6.07, 6.45) is 6.30. The number of aldehydes is 1. The van der Waals surface area contributed by atoms with E-state index in [1.807, 2.05) is 0 Å². The van der Waals surface area contributed by atoms with Gasteiger partial charge in [-0.05, 0) is 51.9 Å². The van der Waals surface area contributed by atoms with Crippen molar-refractivity contribution in [3.63, 3.8) is 0 Å². The van der Waals surface area contributed by atoms with Gasteiger partial charge in [0.15, 0.2) is 0 Å². The Labute approximate surface area is 86.1 Å². The zero-order valence-electron chi connectivity index (χ0n) is 8.82. The molecule has 0 aromatic rings. The standard InChI is InChI=1S/C11H20N2O/c14-10-11(13-7-3-4-8-13)9-12-5-1-2-6-12/h10-11H,1-9H2. The Morgan fingerprint density at radius 3 is 2.14 bits per heavy atom. The molecule has 0 amide bonds. The summed E-state index contributed by atoms with van der Waals surface area (Å²) < 4.78 is 0. The minimum atomic E-state index is 0.163. The first-order chi connectivity index (χ1) is 6.90. The molecule has 0 N–H and O–H groups in total. The summed E-state index contributed by atoms with van der Waals surface area (Å²) in [4.78, 5) is 15.8. The summed E-state index contributed by atoms with van der Waals surface area (Å²) in [6.45, 7) is 5.59. The summed E-state index contributed by atoms with van der Waals surface area (Å²) in [5.41, 5.74) is 0. The van der Waals surface area contributed by atoms with Gasteiger partial charge in [-0.1, -0.05) is 0 Å². The third-order valence-electron chi connectivity index (χ3n) is 3.41. The van der Waals surface area contributed by atoms with Gasteiger partial charge in [0, 0.05) is 6.54 Å². The van der Waals surface area contributed by atoms with Gasteiger partial charge in [-0.25, -0.2) is 0 Å². The fourth-order valence-corrected chi connectivity index (χ4v) is 2.55.